The number of aromatic amines is 1. The third-order valence-electron chi connectivity index (χ3n) is 10.6. The van der Waals surface area contributed by atoms with Gasteiger partial charge in [-0.3, -0.25) is 9.69 Å². The van der Waals surface area contributed by atoms with Gasteiger partial charge >= 0.3 is 0 Å². The summed E-state index contributed by atoms with van der Waals surface area (Å²) in [6.45, 7) is 13.7. The van der Waals surface area contributed by atoms with Gasteiger partial charge in [-0.1, -0.05) is 11.2 Å². The molecule has 2 aliphatic heterocycles. The van der Waals surface area contributed by atoms with Crippen LogP contribution in [0.1, 0.15) is 83.0 Å². The number of sulfonamides is 1. The number of piperidine rings is 2. The van der Waals surface area contributed by atoms with Crippen molar-refractivity contribution in [1.82, 2.24) is 29.2 Å². The van der Waals surface area contributed by atoms with E-state index in [0.29, 0.717) is 39.3 Å². The maximum Gasteiger partial charge on any atom is 0.256 e. The molecule has 2 aliphatic rings. The molecule has 4 heterocycles. The number of aromatic nitrogens is 3. The van der Waals surface area contributed by atoms with Gasteiger partial charge in [-0.05, 0) is 114 Å². The predicted octanol–water partition coefficient (Wildman–Crippen LogP) is 5.69. The van der Waals surface area contributed by atoms with E-state index in [1.54, 1.807) is 47.1 Å². The Morgan fingerprint density at radius 2 is 1.70 bits per heavy atom. The number of aryl methyl sites for hydroxylation is 4. The minimum absolute atomic E-state index is 0.0189. The van der Waals surface area contributed by atoms with E-state index in [-0.39, 0.29) is 16.2 Å². The van der Waals surface area contributed by atoms with Crippen LogP contribution in [-0.4, -0.2) is 83.9 Å². The molecule has 1 spiro atoms. The average Bonchev–Trinajstić information content (AvgIpc) is 3.63. The largest absolute Gasteiger partial charge is 0.497 e. The number of rotatable bonds is 8. The summed E-state index contributed by atoms with van der Waals surface area (Å²) in [4.78, 5) is 26.7. The topological polar surface area (TPSA) is 125 Å². The highest BCUT2D eigenvalue weighted by atomic mass is 32.2. The minimum Gasteiger partial charge on any atom is -0.497 e. The zero-order valence-corrected chi connectivity index (χ0v) is 29.3. The van der Waals surface area contributed by atoms with Gasteiger partial charge in [-0.2, -0.15) is 4.31 Å². The van der Waals surface area contributed by atoms with E-state index in [4.69, 9.17) is 14.2 Å². The van der Waals surface area contributed by atoms with Crippen molar-refractivity contribution < 1.29 is 22.5 Å². The molecule has 0 radical (unpaired) electrons. The van der Waals surface area contributed by atoms with Gasteiger partial charge in [-0.25, -0.2) is 13.4 Å². The third-order valence-corrected chi connectivity index (χ3v) is 12.8. The zero-order valence-electron chi connectivity index (χ0n) is 28.5. The Balaban J connectivity index is 1.13. The summed E-state index contributed by atoms with van der Waals surface area (Å²) in [5, 5.41) is 4.11. The summed E-state index contributed by atoms with van der Waals surface area (Å²) in [5.41, 5.74) is 5.50. The van der Waals surface area contributed by atoms with Crippen molar-refractivity contribution in [2.24, 2.45) is 5.41 Å². The van der Waals surface area contributed by atoms with Crippen LogP contribution >= 0.6 is 0 Å². The van der Waals surface area contributed by atoms with E-state index in [0.717, 1.165) is 69.9 Å². The lowest BCUT2D eigenvalue weighted by molar-refractivity contribution is 0.0285. The highest BCUT2D eigenvalue weighted by Gasteiger charge is 2.39. The van der Waals surface area contributed by atoms with Crippen LogP contribution in [0.5, 0.6) is 5.75 Å². The Morgan fingerprint density at radius 1 is 1.06 bits per heavy atom. The highest BCUT2D eigenvalue weighted by molar-refractivity contribution is 7.89. The van der Waals surface area contributed by atoms with E-state index >= 15 is 0 Å². The first-order chi connectivity index (χ1) is 22.3. The molecule has 1 unspecified atom stereocenters. The van der Waals surface area contributed by atoms with Crippen molar-refractivity contribution >= 4 is 27.0 Å². The quantitative estimate of drug-likeness (QED) is 0.255. The SMILES string of the molecule is COc1cc(C)c(S(=O)(=O)N(C)C(C)c2nc3cccc(C(=O)N4CCC5(CCN(Cc6c(C)noc6C)CC5)CC4)c3[nH]2)c(C)c1. The molecule has 1 atom stereocenters. The van der Waals surface area contributed by atoms with E-state index in [1.165, 1.54) is 9.87 Å². The van der Waals surface area contributed by atoms with Gasteiger partial charge in [0.1, 0.15) is 17.3 Å². The Labute approximate surface area is 277 Å². The molecule has 47 heavy (non-hydrogen) atoms. The van der Waals surface area contributed by atoms with Gasteiger partial charge in [0.2, 0.25) is 10.0 Å². The number of nitrogens with one attached hydrogen (secondary N) is 1. The molecule has 0 aliphatic carbocycles. The van der Waals surface area contributed by atoms with Crippen LogP contribution < -0.4 is 4.74 Å². The molecular weight excluding hydrogens is 616 g/mol. The standard InChI is InChI=1S/C35H46N6O5S/c1-22-19-27(45-7)20-23(2)32(22)47(43,44)39(6)25(4)33-36-30-10-8-9-28(31(30)37-33)34(42)41-17-13-35(14-18-41)11-15-40(16-12-35)21-29-24(3)38-46-26(29)5/h8-10,19-20,25H,11-18,21H2,1-7H3,(H,36,37). The smallest absolute Gasteiger partial charge is 0.256 e. The van der Waals surface area contributed by atoms with Crippen LogP contribution in [0.4, 0.5) is 0 Å². The molecular formula is C35H46N6O5S. The van der Waals surface area contributed by atoms with Gasteiger partial charge in [0.25, 0.3) is 5.91 Å². The maximum atomic E-state index is 13.9. The molecule has 11 nitrogen and oxygen atoms in total. The van der Waals surface area contributed by atoms with E-state index in [1.807, 2.05) is 36.9 Å². The van der Waals surface area contributed by atoms with E-state index < -0.39 is 16.1 Å². The van der Waals surface area contributed by atoms with Crippen molar-refractivity contribution in [3.63, 3.8) is 0 Å². The van der Waals surface area contributed by atoms with Crippen molar-refractivity contribution in [2.45, 2.75) is 77.8 Å². The number of likely N-dealkylation sites (tertiary alicyclic amines) is 2. The van der Waals surface area contributed by atoms with Crippen molar-refractivity contribution in [3.8, 4) is 5.75 Å². The van der Waals surface area contributed by atoms with E-state index in [2.05, 4.69) is 15.0 Å². The molecule has 2 aromatic heterocycles. The number of ether oxygens (including phenoxy) is 1. The molecule has 2 fully saturated rings. The number of para-hydroxylation sites is 1. The number of carbonyl (C=O) groups is 1. The van der Waals surface area contributed by atoms with Crippen LogP contribution in [-0.2, 0) is 16.6 Å². The molecule has 1 amide bonds. The number of benzene rings is 2. The number of carbonyl (C=O) groups excluding carboxylic acids is 1. The van der Waals surface area contributed by atoms with Gasteiger partial charge in [0.05, 0.1) is 40.3 Å². The lowest BCUT2D eigenvalue weighted by Crippen LogP contribution is -2.48. The molecule has 2 saturated heterocycles. The second kappa shape index (κ2) is 12.7. The first-order valence-electron chi connectivity index (χ1n) is 16.4. The summed E-state index contributed by atoms with van der Waals surface area (Å²) < 4.78 is 39.6. The van der Waals surface area contributed by atoms with Crippen LogP contribution in [0.2, 0.25) is 0 Å². The third kappa shape index (κ3) is 6.18. The Kier molecular flexibility index (Phi) is 8.96. The van der Waals surface area contributed by atoms with Crippen LogP contribution in [0, 0.1) is 33.1 Å². The summed E-state index contributed by atoms with van der Waals surface area (Å²) in [7, 11) is -0.730. The average molecular weight is 663 g/mol. The molecule has 0 bridgehead atoms. The molecule has 252 valence electrons. The second-order valence-corrected chi connectivity index (χ2v) is 15.4. The van der Waals surface area contributed by atoms with Crippen molar-refractivity contribution in [1.29, 1.82) is 0 Å². The molecule has 1 N–H and O–H groups in total. The Hall–Kier alpha value is -3.74. The fourth-order valence-corrected chi connectivity index (χ4v) is 9.11. The normalized spacial score (nSPS) is 17.9. The number of nitrogens with zero attached hydrogens (tertiary/aromatic N) is 5. The van der Waals surface area contributed by atoms with Crippen LogP contribution in [0.3, 0.4) is 0 Å². The first-order valence-corrected chi connectivity index (χ1v) is 17.8. The molecule has 0 saturated carbocycles. The number of amides is 1. The highest BCUT2D eigenvalue weighted by Crippen LogP contribution is 2.42. The van der Waals surface area contributed by atoms with Crippen LogP contribution in [0.25, 0.3) is 11.0 Å². The van der Waals surface area contributed by atoms with Gasteiger partial charge in [0, 0.05) is 32.2 Å². The van der Waals surface area contributed by atoms with Gasteiger partial charge in [0.15, 0.2) is 0 Å². The van der Waals surface area contributed by atoms with Crippen LogP contribution in [0.15, 0.2) is 39.8 Å². The first kappa shape index (κ1) is 33.2. The molecule has 6 rings (SSSR count). The van der Waals surface area contributed by atoms with Crippen molar-refractivity contribution in [2.75, 3.05) is 40.3 Å². The fourth-order valence-electron chi connectivity index (χ4n) is 7.38. The number of imidazole rings is 1. The second-order valence-electron chi connectivity index (χ2n) is 13.5. The molecule has 2 aromatic carbocycles. The predicted molar refractivity (Wildman–Crippen MR) is 180 cm³/mol. The minimum atomic E-state index is -3.86. The lowest BCUT2D eigenvalue weighted by Gasteiger charge is -2.47. The van der Waals surface area contributed by atoms with Gasteiger partial charge in [-0.15, -0.1) is 0 Å². The maximum absolute atomic E-state index is 13.9. The Morgan fingerprint density at radius 3 is 2.30 bits per heavy atom. The summed E-state index contributed by atoms with van der Waals surface area (Å²) >= 11 is 0. The fraction of sp³-hybridized carbons (Fsp3) is 0.514. The summed E-state index contributed by atoms with van der Waals surface area (Å²) in [6.07, 6.45) is 4.24. The lowest BCUT2D eigenvalue weighted by atomic mass is 9.71. The molecule has 4 aromatic rings. The number of fused-ring (bicyclic) bond motifs is 1. The summed E-state index contributed by atoms with van der Waals surface area (Å²) in [6, 6.07) is 8.38. The zero-order chi connectivity index (χ0) is 33.7. The number of hydrogen-bond acceptors (Lipinski definition) is 8. The summed E-state index contributed by atoms with van der Waals surface area (Å²) in [5.74, 6) is 1.98. The Bertz CT molecular complexity index is 1850. The van der Waals surface area contributed by atoms with Crippen molar-refractivity contribution in [3.05, 3.63) is 69.9 Å². The number of methoxy groups -OCH3 is 1. The molecule has 12 heteroatoms. The monoisotopic (exact) mass is 662 g/mol. The van der Waals surface area contributed by atoms with E-state index in [9.17, 15) is 13.2 Å². The number of hydrogen-bond donors (Lipinski definition) is 1. The van der Waals surface area contributed by atoms with Gasteiger partial charge < -0.3 is 19.1 Å². The number of H-pyrrole nitrogens is 1.